The molecule has 1 saturated carbocycles. The number of hydrogen-bond donors (Lipinski definition) is 0. The second kappa shape index (κ2) is 4.71. The van der Waals surface area contributed by atoms with Crippen molar-refractivity contribution < 1.29 is 0 Å². The lowest BCUT2D eigenvalue weighted by molar-refractivity contribution is 0.701. The third-order valence-corrected chi connectivity index (χ3v) is 4.34. The molecule has 94 valence electrons. The van der Waals surface area contributed by atoms with Crippen molar-refractivity contribution in [2.45, 2.75) is 38.5 Å². The van der Waals surface area contributed by atoms with E-state index in [1.807, 2.05) is 25.1 Å². The van der Waals surface area contributed by atoms with Crippen molar-refractivity contribution in [3.8, 4) is 0 Å². The van der Waals surface area contributed by atoms with E-state index in [9.17, 15) is 0 Å². The minimum absolute atomic E-state index is 0.585. The van der Waals surface area contributed by atoms with Crippen LogP contribution in [0.4, 0.5) is 0 Å². The van der Waals surface area contributed by atoms with Crippen molar-refractivity contribution in [3.05, 3.63) is 39.5 Å². The van der Waals surface area contributed by atoms with Crippen LogP contribution in [-0.2, 0) is 0 Å². The standard InChI is InChI=1S/C15H15Cl2N/c1-9-6-11(16)7-12-13(17)8-14(18-15(9)12)10-4-2-3-5-10/h6-8,10H,2-5H2,1H3. The largest absolute Gasteiger partial charge is 0.252 e. The van der Waals surface area contributed by atoms with E-state index in [-0.39, 0.29) is 0 Å². The van der Waals surface area contributed by atoms with Crippen LogP contribution in [0.25, 0.3) is 10.9 Å². The van der Waals surface area contributed by atoms with Crippen LogP contribution in [-0.4, -0.2) is 4.98 Å². The Hall–Kier alpha value is -0.790. The van der Waals surface area contributed by atoms with Crippen molar-refractivity contribution in [1.82, 2.24) is 4.98 Å². The second-order valence-corrected chi connectivity index (χ2v) is 5.97. The van der Waals surface area contributed by atoms with Crippen molar-refractivity contribution in [2.24, 2.45) is 0 Å². The van der Waals surface area contributed by atoms with Gasteiger partial charge in [-0.1, -0.05) is 36.0 Å². The summed E-state index contributed by atoms with van der Waals surface area (Å²) >= 11 is 12.5. The highest BCUT2D eigenvalue weighted by molar-refractivity contribution is 6.36. The first-order chi connectivity index (χ1) is 8.65. The van der Waals surface area contributed by atoms with Gasteiger partial charge >= 0.3 is 0 Å². The molecule has 0 amide bonds. The molecule has 1 heterocycles. The molecule has 0 aliphatic heterocycles. The molecule has 1 aliphatic rings. The van der Waals surface area contributed by atoms with E-state index < -0.39 is 0 Å². The Morgan fingerprint density at radius 3 is 2.56 bits per heavy atom. The van der Waals surface area contributed by atoms with E-state index in [4.69, 9.17) is 28.2 Å². The number of hydrogen-bond acceptors (Lipinski definition) is 1. The molecular formula is C15H15Cl2N. The fourth-order valence-electron chi connectivity index (χ4n) is 2.87. The summed E-state index contributed by atoms with van der Waals surface area (Å²) < 4.78 is 0. The lowest BCUT2D eigenvalue weighted by Crippen LogP contribution is -1.98. The minimum atomic E-state index is 0.585. The molecule has 2 aromatic rings. The zero-order valence-corrected chi connectivity index (χ0v) is 11.9. The number of aromatic nitrogens is 1. The lowest BCUT2D eigenvalue weighted by Gasteiger charge is -2.12. The van der Waals surface area contributed by atoms with Crippen LogP contribution in [0, 0.1) is 6.92 Å². The minimum Gasteiger partial charge on any atom is -0.252 e. The van der Waals surface area contributed by atoms with Gasteiger partial charge in [0.2, 0.25) is 0 Å². The van der Waals surface area contributed by atoms with Crippen LogP contribution < -0.4 is 0 Å². The Balaban J connectivity index is 2.20. The van der Waals surface area contributed by atoms with Crippen LogP contribution in [0.5, 0.6) is 0 Å². The topological polar surface area (TPSA) is 12.9 Å². The number of rotatable bonds is 1. The molecule has 0 atom stereocenters. The van der Waals surface area contributed by atoms with E-state index in [2.05, 4.69) is 0 Å². The molecule has 0 saturated heterocycles. The maximum atomic E-state index is 6.39. The third-order valence-electron chi connectivity index (χ3n) is 3.81. The van der Waals surface area contributed by atoms with Gasteiger partial charge in [0.25, 0.3) is 0 Å². The summed E-state index contributed by atoms with van der Waals surface area (Å²) in [6.45, 7) is 2.04. The van der Waals surface area contributed by atoms with Crippen LogP contribution in [0.3, 0.4) is 0 Å². The Morgan fingerprint density at radius 2 is 1.83 bits per heavy atom. The van der Waals surface area contributed by atoms with Gasteiger partial charge in [-0.05, 0) is 43.5 Å². The van der Waals surface area contributed by atoms with Crippen LogP contribution >= 0.6 is 23.2 Å². The highest BCUT2D eigenvalue weighted by Gasteiger charge is 2.20. The Labute approximate surface area is 117 Å². The molecule has 3 rings (SSSR count). The highest BCUT2D eigenvalue weighted by atomic mass is 35.5. The summed E-state index contributed by atoms with van der Waals surface area (Å²) in [5, 5.41) is 2.45. The smallest absolute Gasteiger partial charge is 0.0750 e. The van der Waals surface area contributed by atoms with Gasteiger partial charge in [-0.2, -0.15) is 0 Å². The zero-order chi connectivity index (χ0) is 12.7. The molecule has 0 N–H and O–H groups in total. The molecule has 18 heavy (non-hydrogen) atoms. The SMILES string of the molecule is Cc1cc(Cl)cc2c(Cl)cc(C3CCCC3)nc12. The molecule has 3 heteroatoms. The number of halogens is 2. The van der Waals surface area contributed by atoms with Crippen molar-refractivity contribution in [2.75, 3.05) is 0 Å². The average molecular weight is 280 g/mol. The van der Waals surface area contributed by atoms with Gasteiger partial charge in [-0.25, -0.2) is 0 Å². The summed E-state index contributed by atoms with van der Waals surface area (Å²) in [5.41, 5.74) is 3.24. The van der Waals surface area contributed by atoms with Gasteiger partial charge in [0.1, 0.15) is 0 Å². The second-order valence-electron chi connectivity index (χ2n) is 5.13. The molecule has 1 aromatic heterocycles. The summed E-state index contributed by atoms with van der Waals surface area (Å²) in [6, 6.07) is 5.87. The fourth-order valence-corrected chi connectivity index (χ4v) is 3.39. The molecule has 1 aromatic carbocycles. The number of aryl methyl sites for hydroxylation is 1. The summed E-state index contributed by atoms with van der Waals surface area (Å²) in [7, 11) is 0. The average Bonchev–Trinajstić information content (AvgIpc) is 2.83. The maximum absolute atomic E-state index is 6.39. The van der Waals surface area contributed by atoms with Crippen molar-refractivity contribution >= 4 is 34.1 Å². The summed E-state index contributed by atoms with van der Waals surface area (Å²) in [6.07, 6.45) is 5.09. The van der Waals surface area contributed by atoms with Crippen LogP contribution in [0.15, 0.2) is 18.2 Å². The predicted octanol–water partition coefficient (Wildman–Crippen LogP) is 5.51. The third kappa shape index (κ3) is 2.10. The zero-order valence-electron chi connectivity index (χ0n) is 10.3. The van der Waals surface area contributed by atoms with Gasteiger partial charge in [0.15, 0.2) is 0 Å². The quantitative estimate of drug-likeness (QED) is 0.671. The lowest BCUT2D eigenvalue weighted by atomic mass is 10.0. The highest BCUT2D eigenvalue weighted by Crippen LogP contribution is 2.37. The van der Waals surface area contributed by atoms with Gasteiger partial charge in [0, 0.05) is 22.0 Å². The number of pyridine rings is 1. The molecular weight excluding hydrogens is 265 g/mol. The van der Waals surface area contributed by atoms with Gasteiger partial charge in [-0.3, -0.25) is 4.98 Å². The Kier molecular flexibility index (Phi) is 3.21. The van der Waals surface area contributed by atoms with E-state index in [1.54, 1.807) is 0 Å². The van der Waals surface area contributed by atoms with Crippen molar-refractivity contribution in [3.63, 3.8) is 0 Å². The first kappa shape index (κ1) is 12.3. The van der Waals surface area contributed by atoms with Gasteiger partial charge in [-0.15, -0.1) is 0 Å². The Bertz CT molecular complexity index is 601. The van der Waals surface area contributed by atoms with Gasteiger partial charge in [0.05, 0.1) is 10.5 Å². The van der Waals surface area contributed by atoms with E-state index >= 15 is 0 Å². The maximum Gasteiger partial charge on any atom is 0.0750 e. The molecule has 1 fully saturated rings. The molecule has 0 bridgehead atoms. The fraction of sp³-hybridized carbons (Fsp3) is 0.400. The number of fused-ring (bicyclic) bond motifs is 1. The van der Waals surface area contributed by atoms with Crippen LogP contribution in [0.1, 0.15) is 42.9 Å². The molecule has 0 spiro atoms. The number of nitrogens with zero attached hydrogens (tertiary/aromatic N) is 1. The normalized spacial score (nSPS) is 16.6. The van der Waals surface area contributed by atoms with E-state index in [0.29, 0.717) is 5.92 Å². The van der Waals surface area contributed by atoms with E-state index in [0.717, 1.165) is 32.2 Å². The van der Waals surface area contributed by atoms with Gasteiger partial charge < -0.3 is 0 Å². The molecule has 1 aliphatic carbocycles. The summed E-state index contributed by atoms with van der Waals surface area (Å²) in [4.78, 5) is 4.82. The number of benzene rings is 1. The summed E-state index contributed by atoms with van der Waals surface area (Å²) in [5.74, 6) is 0.585. The monoisotopic (exact) mass is 279 g/mol. The predicted molar refractivity (Wildman–Crippen MR) is 77.7 cm³/mol. The molecule has 0 radical (unpaired) electrons. The first-order valence-corrected chi connectivity index (χ1v) is 7.17. The van der Waals surface area contributed by atoms with Crippen molar-refractivity contribution in [1.29, 1.82) is 0 Å². The Morgan fingerprint density at radius 1 is 1.11 bits per heavy atom. The molecule has 0 unspecified atom stereocenters. The van der Waals surface area contributed by atoms with Crippen LogP contribution in [0.2, 0.25) is 10.0 Å². The van der Waals surface area contributed by atoms with E-state index in [1.165, 1.54) is 25.7 Å². The molecule has 1 nitrogen and oxygen atoms in total. The first-order valence-electron chi connectivity index (χ1n) is 6.41.